The summed E-state index contributed by atoms with van der Waals surface area (Å²) in [6.07, 6.45) is 1.55. The highest BCUT2D eigenvalue weighted by Gasteiger charge is 2.23. The third-order valence-corrected chi connectivity index (χ3v) is 5.46. The van der Waals surface area contributed by atoms with Crippen molar-refractivity contribution in [1.82, 2.24) is 5.32 Å². The van der Waals surface area contributed by atoms with Gasteiger partial charge in [-0.15, -0.1) is 0 Å². The first-order valence-electron chi connectivity index (χ1n) is 11.4. The average molecular weight is 463 g/mol. The maximum atomic E-state index is 12.7. The zero-order valence-electron chi connectivity index (χ0n) is 20.8. The van der Waals surface area contributed by atoms with Crippen molar-refractivity contribution in [3.8, 4) is 5.75 Å². The van der Waals surface area contributed by atoms with E-state index in [-0.39, 0.29) is 35.8 Å². The van der Waals surface area contributed by atoms with Gasteiger partial charge in [-0.05, 0) is 52.3 Å². The zero-order chi connectivity index (χ0) is 24.9. The molecule has 3 aromatic rings. The van der Waals surface area contributed by atoms with Crippen molar-refractivity contribution in [3.05, 3.63) is 83.3 Å². The average Bonchev–Trinajstić information content (AvgIpc) is 3.29. The van der Waals surface area contributed by atoms with Crippen molar-refractivity contribution in [2.75, 3.05) is 11.9 Å². The molecule has 0 radical (unpaired) electrons. The van der Waals surface area contributed by atoms with Gasteiger partial charge in [0.2, 0.25) is 0 Å². The largest absolute Gasteiger partial charge is 0.483 e. The molecule has 0 spiro atoms. The number of para-hydroxylation sites is 1. The number of hydrogen-bond donors (Lipinski definition) is 2. The van der Waals surface area contributed by atoms with Crippen LogP contribution >= 0.6 is 0 Å². The summed E-state index contributed by atoms with van der Waals surface area (Å²) in [6, 6.07) is 16.6. The van der Waals surface area contributed by atoms with Crippen LogP contribution in [-0.4, -0.2) is 18.4 Å². The lowest BCUT2D eigenvalue weighted by Crippen LogP contribution is -2.26. The topological polar surface area (TPSA) is 80.6 Å². The quantitative estimate of drug-likeness (QED) is 0.463. The summed E-state index contributed by atoms with van der Waals surface area (Å²) in [4.78, 5) is 25.4. The van der Waals surface area contributed by atoms with Crippen molar-refractivity contribution < 1.29 is 18.7 Å². The number of anilines is 1. The minimum absolute atomic E-state index is 0.0110. The van der Waals surface area contributed by atoms with Crippen LogP contribution in [0.3, 0.4) is 0 Å². The maximum Gasteiger partial charge on any atom is 0.262 e. The molecule has 180 valence electrons. The Labute approximate surface area is 201 Å². The Kier molecular flexibility index (Phi) is 7.50. The molecule has 6 nitrogen and oxygen atoms in total. The molecule has 0 aliphatic carbocycles. The Hall–Kier alpha value is -3.54. The molecule has 2 amide bonds. The number of rotatable bonds is 7. The van der Waals surface area contributed by atoms with Gasteiger partial charge in [0.25, 0.3) is 11.8 Å². The van der Waals surface area contributed by atoms with Crippen molar-refractivity contribution in [2.24, 2.45) is 0 Å². The molecule has 0 aliphatic heterocycles. The Balaban J connectivity index is 1.68. The molecular formula is C28H34N2O4. The number of ether oxygens (including phenoxy) is 1. The van der Waals surface area contributed by atoms with Gasteiger partial charge < -0.3 is 19.8 Å². The predicted octanol–water partition coefficient (Wildman–Crippen LogP) is 5.82. The summed E-state index contributed by atoms with van der Waals surface area (Å²) < 4.78 is 11.2. The summed E-state index contributed by atoms with van der Waals surface area (Å²) in [6.45, 7) is 13.0. The Bertz CT molecular complexity index is 1140. The first kappa shape index (κ1) is 25.1. The molecule has 0 atom stereocenters. The third kappa shape index (κ3) is 6.50. The second kappa shape index (κ2) is 10.2. The lowest BCUT2D eigenvalue weighted by Gasteiger charge is -2.27. The van der Waals surface area contributed by atoms with Crippen molar-refractivity contribution in [2.45, 2.75) is 58.9 Å². The Morgan fingerprint density at radius 3 is 2.29 bits per heavy atom. The lowest BCUT2D eigenvalue weighted by molar-refractivity contribution is -0.118. The van der Waals surface area contributed by atoms with Crippen LogP contribution in [0.25, 0.3) is 0 Å². The fourth-order valence-corrected chi connectivity index (χ4v) is 3.50. The SMILES string of the molecule is CC(C)(C)c1ccc(OCC(=O)Nc2ccccc2C(=O)NCc2ccco2)c(C(C)(C)C)c1. The molecule has 3 rings (SSSR count). The molecule has 1 aromatic heterocycles. The van der Waals surface area contributed by atoms with Gasteiger partial charge in [-0.2, -0.15) is 0 Å². The van der Waals surface area contributed by atoms with Gasteiger partial charge >= 0.3 is 0 Å². The van der Waals surface area contributed by atoms with E-state index in [0.717, 1.165) is 5.56 Å². The highest BCUT2D eigenvalue weighted by atomic mass is 16.5. The van der Waals surface area contributed by atoms with E-state index in [2.05, 4.69) is 58.2 Å². The van der Waals surface area contributed by atoms with E-state index in [4.69, 9.17) is 9.15 Å². The second-order valence-electron chi connectivity index (χ2n) is 10.4. The number of carbonyl (C=O) groups is 2. The molecule has 0 bridgehead atoms. The molecule has 1 heterocycles. The zero-order valence-corrected chi connectivity index (χ0v) is 20.8. The van der Waals surface area contributed by atoms with Crippen molar-refractivity contribution >= 4 is 17.5 Å². The van der Waals surface area contributed by atoms with Crippen LogP contribution in [0.2, 0.25) is 0 Å². The number of nitrogens with one attached hydrogen (secondary N) is 2. The molecule has 0 fully saturated rings. The number of benzene rings is 2. The van der Waals surface area contributed by atoms with E-state index in [0.29, 0.717) is 22.8 Å². The molecule has 0 aliphatic rings. The van der Waals surface area contributed by atoms with Crippen LogP contribution < -0.4 is 15.4 Å². The second-order valence-corrected chi connectivity index (χ2v) is 10.4. The van der Waals surface area contributed by atoms with E-state index in [1.807, 2.05) is 12.1 Å². The Morgan fingerprint density at radius 1 is 0.912 bits per heavy atom. The number of hydrogen-bond acceptors (Lipinski definition) is 4. The van der Waals surface area contributed by atoms with E-state index >= 15 is 0 Å². The Morgan fingerprint density at radius 2 is 1.65 bits per heavy atom. The van der Waals surface area contributed by atoms with Crippen LogP contribution in [0.15, 0.2) is 65.3 Å². The smallest absolute Gasteiger partial charge is 0.262 e. The van der Waals surface area contributed by atoms with E-state index < -0.39 is 0 Å². The molecular weight excluding hydrogens is 428 g/mol. The van der Waals surface area contributed by atoms with Gasteiger partial charge in [-0.1, -0.05) is 65.8 Å². The van der Waals surface area contributed by atoms with Crippen LogP contribution in [0, 0.1) is 0 Å². The van der Waals surface area contributed by atoms with Gasteiger partial charge in [0.1, 0.15) is 11.5 Å². The van der Waals surface area contributed by atoms with E-state index in [1.165, 1.54) is 5.56 Å². The molecule has 0 unspecified atom stereocenters. The summed E-state index contributed by atoms with van der Waals surface area (Å²) in [7, 11) is 0. The van der Waals surface area contributed by atoms with E-state index in [9.17, 15) is 9.59 Å². The van der Waals surface area contributed by atoms with Crippen molar-refractivity contribution in [1.29, 1.82) is 0 Å². The summed E-state index contributed by atoms with van der Waals surface area (Å²) >= 11 is 0. The van der Waals surface area contributed by atoms with Gasteiger partial charge in [0.05, 0.1) is 24.1 Å². The van der Waals surface area contributed by atoms with Crippen LogP contribution in [0.1, 0.15) is 68.8 Å². The highest BCUT2D eigenvalue weighted by molar-refractivity contribution is 6.04. The molecule has 2 aromatic carbocycles. The molecule has 0 saturated carbocycles. The summed E-state index contributed by atoms with van der Waals surface area (Å²) in [5.41, 5.74) is 2.91. The first-order valence-corrected chi connectivity index (χ1v) is 11.4. The third-order valence-electron chi connectivity index (χ3n) is 5.46. The lowest BCUT2D eigenvalue weighted by atomic mass is 9.80. The van der Waals surface area contributed by atoms with Crippen molar-refractivity contribution in [3.63, 3.8) is 0 Å². The normalized spacial score (nSPS) is 11.7. The number of furan rings is 1. The fraction of sp³-hybridized carbons (Fsp3) is 0.357. The minimum Gasteiger partial charge on any atom is -0.483 e. The monoisotopic (exact) mass is 462 g/mol. The van der Waals surface area contributed by atoms with E-state index in [1.54, 1.807) is 42.7 Å². The highest BCUT2D eigenvalue weighted by Crippen LogP contribution is 2.35. The molecule has 6 heteroatoms. The molecule has 34 heavy (non-hydrogen) atoms. The van der Waals surface area contributed by atoms with Crippen LogP contribution in [0.4, 0.5) is 5.69 Å². The van der Waals surface area contributed by atoms with Gasteiger partial charge in [0.15, 0.2) is 6.61 Å². The fourth-order valence-electron chi connectivity index (χ4n) is 3.50. The first-order chi connectivity index (χ1) is 15.9. The number of amides is 2. The number of carbonyl (C=O) groups excluding carboxylic acids is 2. The van der Waals surface area contributed by atoms with Crippen LogP contribution in [0.5, 0.6) is 5.75 Å². The summed E-state index contributed by atoms with van der Waals surface area (Å²) in [5, 5.41) is 5.60. The van der Waals surface area contributed by atoms with Gasteiger partial charge in [-0.3, -0.25) is 9.59 Å². The van der Waals surface area contributed by atoms with Gasteiger partial charge in [-0.25, -0.2) is 0 Å². The predicted molar refractivity (Wildman–Crippen MR) is 134 cm³/mol. The summed E-state index contributed by atoms with van der Waals surface area (Å²) in [5.74, 6) is 0.683. The molecule has 2 N–H and O–H groups in total. The standard InChI is InChI=1S/C28H34N2O4/c1-27(2,3)19-13-14-24(22(16-19)28(4,5)6)34-18-25(31)30-23-12-8-7-11-21(23)26(32)29-17-20-10-9-15-33-20/h7-16H,17-18H2,1-6H3,(H,29,32)(H,30,31). The van der Waals surface area contributed by atoms with Gasteiger partial charge in [0, 0.05) is 0 Å². The van der Waals surface area contributed by atoms with Crippen LogP contribution in [-0.2, 0) is 22.2 Å². The maximum absolute atomic E-state index is 12.7. The minimum atomic E-state index is -0.342. The molecule has 0 saturated heterocycles.